The molecule has 11 aromatic rings. The lowest BCUT2D eigenvalue weighted by Gasteiger charge is -2.35. The SMILES string of the molecule is CC1(C)c2cccc(N(c3cccc(C4(c5ccccc5)c5ccccc5-c5ccccc54)c3)c3cccc4sc5ccc(-c6ccccc6)cc5c34)c2-c2cccc(-c3ccccc3)c21. The number of nitrogens with zero attached hydrogens (tertiary/aromatic N) is 1. The monoisotopic (exact) mass is 859 g/mol. The first kappa shape index (κ1) is 38.7. The maximum absolute atomic E-state index is 2.60. The van der Waals surface area contributed by atoms with Gasteiger partial charge in [0, 0.05) is 36.8 Å². The molecule has 0 fully saturated rings. The molecule has 0 aliphatic heterocycles. The Morgan fingerprint density at radius 3 is 1.68 bits per heavy atom. The van der Waals surface area contributed by atoms with Gasteiger partial charge in [0.25, 0.3) is 0 Å². The molecule has 0 radical (unpaired) electrons. The van der Waals surface area contributed by atoms with Gasteiger partial charge in [-0.15, -0.1) is 11.3 Å². The smallest absolute Gasteiger partial charge is 0.0714 e. The van der Waals surface area contributed by atoms with Gasteiger partial charge in [-0.05, 0) is 115 Å². The minimum Gasteiger partial charge on any atom is -0.309 e. The van der Waals surface area contributed by atoms with E-state index in [0.29, 0.717) is 0 Å². The van der Waals surface area contributed by atoms with Crippen molar-refractivity contribution in [2.75, 3.05) is 4.90 Å². The van der Waals surface area contributed by atoms with Gasteiger partial charge in [0.1, 0.15) is 0 Å². The largest absolute Gasteiger partial charge is 0.309 e. The van der Waals surface area contributed by atoms with E-state index >= 15 is 0 Å². The van der Waals surface area contributed by atoms with Gasteiger partial charge in [0.05, 0.1) is 16.8 Å². The summed E-state index contributed by atoms with van der Waals surface area (Å²) in [7, 11) is 0. The minimum absolute atomic E-state index is 0.249. The molecule has 0 amide bonds. The first-order valence-corrected chi connectivity index (χ1v) is 23.8. The Morgan fingerprint density at radius 2 is 0.939 bits per heavy atom. The Balaban J connectivity index is 1.12. The molecular weight excluding hydrogens is 815 g/mol. The molecule has 0 unspecified atom stereocenters. The molecule has 0 spiro atoms. The second-order valence-corrected chi connectivity index (χ2v) is 19.4. The lowest BCUT2D eigenvalue weighted by atomic mass is 9.67. The zero-order valence-corrected chi connectivity index (χ0v) is 37.7. The van der Waals surface area contributed by atoms with Crippen molar-refractivity contribution in [3.05, 3.63) is 270 Å². The van der Waals surface area contributed by atoms with Crippen molar-refractivity contribution in [2.24, 2.45) is 0 Å². The number of hydrogen-bond donors (Lipinski definition) is 0. The van der Waals surface area contributed by atoms with Crippen LogP contribution in [0.1, 0.15) is 47.2 Å². The fraction of sp³-hybridized carbons (Fsp3) is 0.0625. The Bertz CT molecular complexity index is 3630. The zero-order chi connectivity index (χ0) is 44.0. The van der Waals surface area contributed by atoms with Crippen molar-refractivity contribution in [2.45, 2.75) is 24.7 Å². The highest BCUT2D eigenvalue weighted by Crippen LogP contribution is 2.59. The summed E-state index contributed by atoms with van der Waals surface area (Å²) in [4.78, 5) is 2.60. The molecule has 2 heteroatoms. The highest BCUT2D eigenvalue weighted by molar-refractivity contribution is 7.26. The molecule has 0 saturated carbocycles. The number of anilines is 3. The van der Waals surface area contributed by atoms with E-state index in [0.717, 1.165) is 5.69 Å². The maximum atomic E-state index is 2.60. The van der Waals surface area contributed by atoms with Crippen LogP contribution in [0, 0.1) is 0 Å². The van der Waals surface area contributed by atoms with Crippen molar-refractivity contribution in [3.8, 4) is 44.5 Å². The summed E-state index contributed by atoms with van der Waals surface area (Å²) in [5.41, 5.74) is 20.6. The number of fused-ring (bicyclic) bond motifs is 9. The molecule has 0 atom stereocenters. The van der Waals surface area contributed by atoms with Crippen molar-refractivity contribution in [1.82, 2.24) is 0 Å². The van der Waals surface area contributed by atoms with E-state index in [4.69, 9.17) is 0 Å². The van der Waals surface area contributed by atoms with E-state index in [9.17, 15) is 0 Å². The predicted octanol–water partition coefficient (Wildman–Crippen LogP) is 17.5. The van der Waals surface area contributed by atoms with Crippen LogP contribution in [0.25, 0.3) is 64.7 Å². The molecule has 13 rings (SSSR count). The normalized spacial score (nSPS) is 13.8. The third-order valence-electron chi connectivity index (χ3n) is 14.5. The molecule has 2 aliphatic carbocycles. The molecule has 66 heavy (non-hydrogen) atoms. The Hall–Kier alpha value is -7.78. The van der Waals surface area contributed by atoms with Crippen molar-refractivity contribution >= 4 is 48.6 Å². The van der Waals surface area contributed by atoms with Gasteiger partial charge in [-0.2, -0.15) is 0 Å². The van der Waals surface area contributed by atoms with E-state index in [2.05, 4.69) is 255 Å². The van der Waals surface area contributed by atoms with E-state index in [1.165, 1.54) is 109 Å². The Labute approximate surface area is 390 Å². The molecule has 0 bridgehead atoms. The fourth-order valence-corrected chi connectivity index (χ4v) is 12.9. The quantitative estimate of drug-likeness (QED) is 0.154. The number of hydrogen-bond acceptors (Lipinski definition) is 2. The molecule has 2 aliphatic rings. The molecule has 1 aromatic heterocycles. The average Bonchev–Trinajstić information content (AvgIpc) is 3.99. The van der Waals surface area contributed by atoms with Gasteiger partial charge in [-0.25, -0.2) is 0 Å². The van der Waals surface area contributed by atoms with Crippen LogP contribution >= 0.6 is 11.3 Å². The standard InChI is InChI=1S/C64H45NS/c1-63(2)55-34-18-35-56(60(55)51-31-17-30-48(62(51)63)43-22-8-4-9-23-43)65(57-36-19-37-59-61(57)52-40-44(38-39-58(52)66-59)42-20-6-3-7-21-42)47-27-16-26-46(41-47)64(45-24-10-5-11-25-45)53-32-14-12-28-49(53)50-29-13-15-33-54(50)64/h3-41H,1-2H3. The van der Waals surface area contributed by atoms with Crippen LogP contribution in [0.5, 0.6) is 0 Å². The van der Waals surface area contributed by atoms with E-state index in [1.54, 1.807) is 0 Å². The van der Waals surface area contributed by atoms with Crippen LogP contribution < -0.4 is 4.90 Å². The maximum Gasteiger partial charge on any atom is 0.0714 e. The molecule has 312 valence electrons. The molecule has 1 nitrogen and oxygen atoms in total. The van der Waals surface area contributed by atoms with Gasteiger partial charge in [0.15, 0.2) is 0 Å². The summed E-state index contributed by atoms with van der Waals surface area (Å²) in [6.45, 7) is 4.82. The first-order valence-electron chi connectivity index (χ1n) is 23.0. The lowest BCUT2D eigenvalue weighted by Crippen LogP contribution is -2.28. The Morgan fingerprint density at radius 1 is 0.379 bits per heavy atom. The average molecular weight is 860 g/mol. The van der Waals surface area contributed by atoms with Crippen LogP contribution in [0.4, 0.5) is 17.1 Å². The summed E-state index contributed by atoms with van der Waals surface area (Å²) >= 11 is 1.88. The van der Waals surface area contributed by atoms with Crippen molar-refractivity contribution in [1.29, 1.82) is 0 Å². The third-order valence-corrected chi connectivity index (χ3v) is 15.7. The highest BCUT2D eigenvalue weighted by Gasteiger charge is 2.46. The van der Waals surface area contributed by atoms with Crippen LogP contribution in [0.2, 0.25) is 0 Å². The van der Waals surface area contributed by atoms with Crippen LogP contribution in [0.15, 0.2) is 237 Å². The summed E-state index contributed by atoms with van der Waals surface area (Å²) in [5, 5.41) is 2.54. The van der Waals surface area contributed by atoms with Crippen LogP contribution in [-0.4, -0.2) is 0 Å². The molecule has 0 N–H and O–H groups in total. The van der Waals surface area contributed by atoms with E-state index in [-0.39, 0.29) is 5.41 Å². The third kappa shape index (κ3) is 5.58. The molecule has 0 saturated heterocycles. The minimum atomic E-state index is -0.542. The molecule has 10 aromatic carbocycles. The van der Waals surface area contributed by atoms with Gasteiger partial charge in [-0.1, -0.05) is 208 Å². The van der Waals surface area contributed by atoms with Crippen molar-refractivity contribution in [3.63, 3.8) is 0 Å². The topological polar surface area (TPSA) is 3.24 Å². The number of benzene rings is 10. The zero-order valence-electron chi connectivity index (χ0n) is 36.9. The second kappa shape index (κ2) is 14.9. The van der Waals surface area contributed by atoms with E-state index < -0.39 is 5.41 Å². The van der Waals surface area contributed by atoms with Crippen molar-refractivity contribution < 1.29 is 0 Å². The molecular formula is C64H45NS. The van der Waals surface area contributed by atoms with Gasteiger partial charge < -0.3 is 4.90 Å². The summed E-state index contributed by atoms with van der Waals surface area (Å²) in [6, 6.07) is 88.3. The summed E-state index contributed by atoms with van der Waals surface area (Å²) in [6.07, 6.45) is 0. The van der Waals surface area contributed by atoms with Gasteiger partial charge in [-0.3, -0.25) is 0 Å². The first-order chi connectivity index (χ1) is 32.5. The summed E-state index contributed by atoms with van der Waals surface area (Å²) < 4.78 is 2.55. The number of rotatable bonds is 7. The second-order valence-electron chi connectivity index (χ2n) is 18.3. The fourth-order valence-electron chi connectivity index (χ4n) is 11.8. The lowest BCUT2D eigenvalue weighted by molar-refractivity contribution is 0.662. The predicted molar refractivity (Wildman–Crippen MR) is 280 cm³/mol. The van der Waals surface area contributed by atoms with Gasteiger partial charge in [0.2, 0.25) is 0 Å². The van der Waals surface area contributed by atoms with E-state index in [1.807, 2.05) is 11.3 Å². The highest BCUT2D eigenvalue weighted by atomic mass is 32.1. The Kier molecular flexibility index (Phi) is 8.72. The van der Waals surface area contributed by atoms with Gasteiger partial charge >= 0.3 is 0 Å². The number of thiophene rings is 1. The molecule has 1 heterocycles. The summed E-state index contributed by atoms with van der Waals surface area (Å²) in [5.74, 6) is 0. The van der Waals surface area contributed by atoms with Crippen LogP contribution in [-0.2, 0) is 10.8 Å². The van der Waals surface area contributed by atoms with Crippen LogP contribution in [0.3, 0.4) is 0 Å².